The van der Waals surface area contributed by atoms with E-state index < -0.39 is 23.0 Å². The summed E-state index contributed by atoms with van der Waals surface area (Å²) >= 11 is 0. The number of hydrogen-bond acceptors (Lipinski definition) is 6. The zero-order chi connectivity index (χ0) is 31.7. The Morgan fingerprint density at radius 2 is 1.20 bits per heavy atom. The molecule has 0 spiro atoms. The van der Waals surface area contributed by atoms with E-state index in [-0.39, 0.29) is 78.5 Å². The zero-order valence-corrected chi connectivity index (χ0v) is 21.7. The highest BCUT2D eigenvalue weighted by atomic mass is 19.1. The van der Waals surface area contributed by atoms with Gasteiger partial charge in [-0.05, 0) is 51.6 Å². The molecule has 0 saturated carbocycles. The third-order valence-corrected chi connectivity index (χ3v) is 6.80. The molecule has 198 valence electrons. The highest BCUT2D eigenvalue weighted by Crippen LogP contribution is 2.55. The molecule has 0 fully saturated rings. The van der Waals surface area contributed by atoms with Crippen LogP contribution in [-0.2, 0) is 0 Å². The maximum absolute atomic E-state index is 15.2. The minimum absolute atomic E-state index is 0.0694. The van der Waals surface area contributed by atoms with E-state index in [0.717, 1.165) is 24.5 Å². The number of hydrogen-bond donors (Lipinski definition) is 0. The molecule has 3 aromatic rings. The molecule has 0 atom stereocenters. The molecule has 0 amide bonds. The smallest absolute Gasteiger partial charge is 0.270 e. The number of nitriles is 4. The first-order valence-electron chi connectivity index (χ1n) is 11.9. The van der Waals surface area contributed by atoms with Gasteiger partial charge in [-0.1, -0.05) is 12.6 Å². The molecule has 0 saturated heterocycles. The lowest BCUT2D eigenvalue weighted by molar-refractivity contribution is 0.617. The topological polar surface area (TPSA) is 138 Å². The molecule has 10 nitrogen and oxygen atoms in total. The highest BCUT2D eigenvalue weighted by Gasteiger charge is 2.38. The Bertz CT molecular complexity index is 2190. The molecule has 0 radical (unpaired) electrons. The normalized spacial score (nSPS) is 14.8. The average Bonchev–Trinajstić information content (AvgIpc) is 3.53. The number of pyridine rings is 2. The van der Waals surface area contributed by atoms with Crippen LogP contribution < -0.4 is 0 Å². The zero-order valence-electron chi connectivity index (χ0n) is 21.7. The lowest BCUT2D eigenvalue weighted by atomic mass is 9.91. The Morgan fingerprint density at radius 3 is 1.75 bits per heavy atom. The summed E-state index contributed by atoms with van der Waals surface area (Å²) in [5.74, 6) is -2.09. The van der Waals surface area contributed by atoms with Gasteiger partial charge in [0.2, 0.25) is 5.70 Å². The molecule has 0 unspecified atom stereocenters. The standard InChI is InChI=1S/C32H6F2N10/c1-39-25(11-37)29-17-7-18-19(6-16(17)22(10-36)28(29)20-5-15(9-35)43-13-23(20)33)32(42-4)31(30(18)26(12-38)40-2)21-8-27(41-3)44-14-24(21)34/h5-8,13-14H/b29-25+,30-26-. The van der Waals surface area contributed by atoms with Gasteiger partial charge < -0.3 is 4.85 Å². The van der Waals surface area contributed by atoms with E-state index in [0.29, 0.717) is 0 Å². The van der Waals surface area contributed by atoms with Gasteiger partial charge in [0.15, 0.2) is 12.0 Å². The first-order valence-corrected chi connectivity index (χ1v) is 11.9. The van der Waals surface area contributed by atoms with Gasteiger partial charge in [0.25, 0.3) is 17.2 Å². The average molecular weight is 568 g/mol. The monoisotopic (exact) mass is 568 g/mol. The fourth-order valence-corrected chi connectivity index (χ4v) is 5.10. The van der Waals surface area contributed by atoms with Gasteiger partial charge in [-0.25, -0.2) is 38.8 Å². The Labute approximate surface area is 247 Å². The van der Waals surface area contributed by atoms with Gasteiger partial charge in [-0.15, -0.1) is 4.98 Å². The van der Waals surface area contributed by atoms with Crippen LogP contribution in [-0.4, -0.2) is 9.97 Å². The molecule has 5 rings (SSSR count). The summed E-state index contributed by atoms with van der Waals surface area (Å²) in [4.78, 5) is 20.7. The van der Waals surface area contributed by atoms with Crippen molar-refractivity contribution in [1.82, 2.24) is 9.97 Å². The number of fused-ring (bicyclic) bond motifs is 2. The van der Waals surface area contributed by atoms with Crippen LogP contribution in [0, 0.1) is 83.2 Å². The number of allylic oxidation sites excluding steroid dienone is 7. The van der Waals surface area contributed by atoms with Crippen molar-refractivity contribution in [2.45, 2.75) is 0 Å². The van der Waals surface area contributed by atoms with E-state index in [2.05, 4.69) is 29.3 Å². The van der Waals surface area contributed by atoms with Crippen LogP contribution >= 0.6 is 0 Å². The van der Waals surface area contributed by atoms with Crippen LogP contribution in [0.25, 0.3) is 52.9 Å². The van der Waals surface area contributed by atoms with Crippen LogP contribution in [0.3, 0.4) is 0 Å². The summed E-state index contributed by atoms with van der Waals surface area (Å²) in [5.41, 5.74) is -2.53. The van der Waals surface area contributed by atoms with E-state index >= 15 is 8.78 Å². The molecule has 2 aliphatic rings. The summed E-state index contributed by atoms with van der Waals surface area (Å²) < 4.78 is 30.4. The lowest BCUT2D eigenvalue weighted by Gasteiger charge is -2.13. The molecule has 0 N–H and O–H groups in total. The van der Waals surface area contributed by atoms with Crippen LogP contribution in [0.4, 0.5) is 14.6 Å². The van der Waals surface area contributed by atoms with Gasteiger partial charge in [0.1, 0.15) is 23.6 Å². The van der Waals surface area contributed by atoms with Gasteiger partial charge in [-0.3, -0.25) is 0 Å². The molecule has 2 aromatic heterocycles. The lowest BCUT2D eigenvalue weighted by Crippen LogP contribution is -1.97. The fourth-order valence-electron chi connectivity index (χ4n) is 5.10. The highest BCUT2D eigenvalue weighted by molar-refractivity contribution is 6.29. The van der Waals surface area contributed by atoms with E-state index in [4.69, 9.17) is 26.3 Å². The van der Waals surface area contributed by atoms with Crippen LogP contribution in [0.15, 0.2) is 48.1 Å². The third kappa shape index (κ3) is 3.93. The molecular weight excluding hydrogens is 562 g/mol. The number of rotatable bonds is 2. The first kappa shape index (κ1) is 27.8. The summed E-state index contributed by atoms with van der Waals surface area (Å²) in [6.07, 6.45) is 1.54. The summed E-state index contributed by atoms with van der Waals surface area (Å²) in [5, 5.41) is 39.4. The van der Waals surface area contributed by atoms with Crippen LogP contribution in [0.2, 0.25) is 0 Å². The van der Waals surface area contributed by atoms with Crippen molar-refractivity contribution in [1.29, 1.82) is 21.0 Å². The second kappa shape index (κ2) is 10.7. The predicted octanol–water partition coefficient (Wildman–Crippen LogP) is 6.73. The summed E-state index contributed by atoms with van der Waals surface area (Å²) in [7, 11) is 0. The number of aromatic nitrogens is 2. The Morgan fingerprint density at radius 1 is 0.636 bits per heavy atom. The Hall–Kier alpha value is -7.74. The number of halogens is 2. The van der Waals surface area contributed by atoms with Crippen molar-refractivity contribution in [3.8, 4) is 24.3 Å². The molecule has 0 bridgehead atoms. The van der Waals surface area contributed by atoms with Gasteiger partial charge in [0.05, 0.1) is 43.6 Å². The molecule has 2 heterocycles. The molecule has 0 aliphatic heterocycles. The fraction of sp³-hybridized carbons (Fsp3) is 0. The van der Waals surface area contributed by atoms with Gasteiger partial charge in [0, 0.05) is 22.3 Å². The number of benzene rings is 1. The van der Waals surface area contributed by atoms with E-state index in [1.165, 1.54) is 12.1 Å². The van der Waals surface area contributed by atoms with Crippen molar-refractivity contribution < 1.29 is 8.78 Å². The SMILES string of the molecule is [C-]#[N+]C1=C(c2cc([N+]#[C-])ncc2F)/C(=C(/C#N)[N+]#[C-])c2cc3c(cc21)C(C#N)=C(c1cc(C#N)ncc1F)/C3=C(\C#N)[N+]#[C-]. The Kier molecular flexibility index (Phi) is 6.75. The van der Waals surface area contributed by atoms with Crippen LogP contribution in [0.1, 0.15) is 39.1 Å². The maximum atomic E-state index is 15.2. The van der Waals surface area contributed by atoms with Gasteiger partial charge >= 0.3 is 0 Å². The summed E-state index contributed by atoms with van der Waals surface area (Å²) in [6.45, 7) is 30.5. The van der Waals surface area contributed by atoms with Crippen molar-refractivity contribution in [3.63, 3.8) is 0 Å². The quantitative estimate of drug-likeness (QED) is 0.248. The molecule has 12 heteroatoms. The van der Waals surface area contributed by atoms with Crippen molar-refractivity contribution in [3.05, 3.63) is 144 Å². The predicted molar refractivity (Wildman–Crippen MR) is 150 cm³/mol. The van der Waals surface area contributed by atoms with E-state index in [1.807, 2.05) is 6.07 Å². The first-order chi connectivity index (χ1) is 21.3. The second-order valence-electron chi connectivity index (χ2n) is 8.83. The van der Waals surface area contributed by atoms with Gasteiger partial charge in [-0.2, -0.15) is 10.5 Å². The van der Waals surface area contributed by atoms with Crippen molar-refractivity contribution >= 4 is 39.4 Å². The van der Waals surface area contributed by atoms with Crippen LogP contribution in [0.5, 0.6) is 0 Å². The Balaban J connectivity index is 1.98. The molecule has 2 aliphatic carbocycles. The number of nitrogens with zero attached hydrogens (tertiary/aromatic N) is 10. The van der Waals surface area contributed by atoms with E-state index in [9.17, 15) is 21.0 Å². The maximum Gasteiger partial charge on any atom is 0.270 e. The minimum atomic E-state index is -0.944. The summed E-state index contributed by atoms with van der Waals surface area (Å²) in [6, 6.07) is 12.1. The van der Waals surface area contributed by atoms with Crippen molar-refractivity contribution in [2.75, 3.05) is 0 Å². The molecule has 44 heavy (non-hydrogen) atoms. The second-order valence-corrected chi connectivity index (χ2v) is 8.83. The van der Waals surface area contributed by atoms with E-state index in [1.54, 1.807) is 18.2 Å². The largest absolute Gasteiger partial charge is 0.361 e. The molecular formula is C32H6F2N10. The minimum Gasteiger partial charge on any atom is -0.361 e. The molecule has 1 aromatic carbocycles. The third-order valence-electron chi connectivity index (χ3n) is 6.80. The van der Waals surface area contributed by atoms with Crippen molar-refractivity contribution in [2.24, 2.45) is 0 Å².